The van der Waals surface area contributed by atoms with Crippen molar-refractivity contribution in [3.8, 4) is 0 Å². The molecule has 1 amide bonds. The lowest BCUT2D eigenvalue weighted by atomic mass is 9.96. The Morgan fingerprint density at radius 1 is 1.39 bits per heavy atom. The molecule has 0 N–H and O–H groups in total. The van der Waals surface area contributed by atoms with E-state index >= 15 is 0 Å². The second-order valence-electron chi connectivity index (χ2n) is 6.15. The first kappa shape index (κ1) is 16.5. The lowest BCUT2D eigenvalue weighted by Crippen LogP contribution is -2.43. The molecule has 0 saturated carbocycles. The van der Waals surface area contributed by atoms with Gasteiger partial charge in [0.1, 0.15) is 5.82 Å². The maximum atomic E-state index is 12.2. The van der Waals surface area contributed by atoms with Crippen molar-refractivity contribution < 1.29 is 4.79 Å². The largest absolute Gasteiger partial charge is 0.356 e. The van der Waals surface area contributed by atoms with Crippen LogP contribution in [0.5, 0.6) is 0 Å². The predicted molar refractivity (Wildman–Crippen MR) is 98.1 cm³/mol. The minimum atomic E-state index is 0.0386. The Labute approximate surface area is 149 Å². The summed E-state index contributed by atoms with van der Waals surface area (Å²) in [5.74, 6) is 1.12. The van der Waals surface area contributed by atoms with Gasteiger partial charge in [-0.25, -0.2) is 4.98 Å². The van der Waals surface area contributed by atoms with Crippen molar-refractivity contribution in [1.82, 2.24) is 9.88 Å². The number of hydrogen-bond acceptors (Lipinski definition) is 3. The van der Waals surface area contributed by atoms with Gasteiger partial charge >= 0.3 is 0 Å². The zero-order chi connectivity index (χ0) is 16.6. The Bertz CT molecular complexity index is 750. The molecular formula is C17H19BrClN3O. The summed E-state index contributed by atoms with van der Waals surface area (Å²) in [7, 11) is 3.63. The van der Waals surface area contributed by atoms with Crippen molar-refractivity contribution in [3.05, 3.63) is 33.8 Å². The molecule has 1 atom stereocenters. The van der Waals surface area contributed by atoms with Crippen molar-refractivity contribution in [3.63, 3.8) is 0 Å². The third-order valence-electron chi connectivity index (χ3n) is 4.23. The molecule has 1 aromatic carbocycles. The third kappa shape index (κ3) is 3.45. The highest BCUT2D eigenvalue weighted by Crippen LogP contribution is 2.30. The van der Waals surface area contributed by atoms with Crippen molar-refractivity contribution in [2.75, 3.05) is 32.1 Å². The molecule has 1 aliphatic rings. The Hall–Kier alpha value is -1.33. The Kier molecular flexibility index (Phi) is 4.78. The van der Waals surface area contributed by atoms with E-state index in [9.17, 15) is 4.79 Å². The minimum absolute atomic E-state index is 0.0386. The molecule has 2 aromatic rings. The van der Waals surface area contributed by atoms with Crippen LogP contribution in [-0.2, 0) is 4.79 Å². The van der Waals surface area contributed by atoms with Crippen LogP contribution in [-0.4, -0.2) is 43.0 Å². The fraction of sp³-hybridized carbons (Fsp3) is 0.412. The van der Waals surface area contributed by atoms with Crippen LogP contribution >= 0.6 is 27.5 Å². The summed E-state index contributed by atoms with van der Waals surface area (Å²) >= 11 is 9.77. The van der Waals surface area contributed by atoms with E-state index in [4.69, 9.17) is 16.6 Å². The van der Waals surface area contributed by atoms with Crippen LogP contribution in [0.25, 0.3) is 10.9 Å². The summed E-state index contributed by atoms with van der Waals surface area (Å²) in [5.41, 5.74) is 0.799. The fourth-order valence-corrected chi connectivity index (χ4v) is 3.95. The Balaban J connectivity index is 1.89. The molecule has 1 fully saturated rings. The number of rotatable bonds is 2. The molecule has 3 rings (SSSR count). The quantitative estimate of drug-likeness (QED) is 0.771. The number of benzene rings is 1. The number of pyridine rings is 1. The lowest BCUT2D eigenvalue weighted by Gasteiger charge is -2.34. The molecule has 6 heteroatoms. The number of aromatic nitrogens is 1. The van der Waals surface area contributed by atoms with Crippen LogP contribution in [0.2, 0.25) is 5.02 Å². The van der Waals surface area contributed by atoms with Crippen LogP contribution in [0.4, 0.5) is 5.82 Å². The van der Waals surface area contributed by atoms with Crippen LogP contribution in [0.1, 0.15) is 12.8 Å². The molecule has 23 heavy (non-hydrogen) atoms. The smallest absolute Gasteiger partial charge is 0.226 e. The van der Waals surface area contributed by atoms with Crippen LogP contribution in [0.3, 0.4) is 0 Å². The van der Waals surface area contributed by atoms with Gasteiger partial charge in [0.25, 0.3) is 0 Å². The van der Waals surface area contributed by atoms with Crippen LogP contribution < -0.4 is 4.90 Å². The number of hydrogen-bond donors (Lipinski definition) is 0. The number of amides is 1. The highest BCUT2D eigenvalue weighted by atomic mass is 79.9. The number of fused-ring (bicyclic) bond motifs is 1. The number of halogens is 2. The number of anilines is 1. The molecule has 1 saturated heterocycles. The number of nitrogens with zero attached hydrogens (tertiary/aromatic N) is 3. The van der Waals surface area contributed by atoms with Crippen molar-refractivity contribution in [2.45, 2.75) is 12.8 Å². The van der Waals surface area contributed by atoms with Crippen LogP contribution in [0, 0.1) is 5.92 Å². The van der Waals surface area contributed by atoms with Gasteiger partial charge in [-0.05, 0) is 37.1 Å². The maximum absolute atomic E-state index is 12.2. The molecule has 0 spiro atoms. The first-order valence-corrected chi connectivity index (χ1v) is 8.84. The van der Waals surface area contributed by atoms with Gasteiger partial charge in [-0.15, -0.1) is 0 Å². The molecule has 1 unspecified atom stereocenters. The average Bonchev–Trinajstić information content (AvgIpc) is 2.53. The molecule has 0 bridgehead atoms. The Morgan fingerprint density at radius 3 is 2.91 bits per heavy atom. The minimum Gasteiger partial charge on any atom is -0.356 e. The lowest BCUT2D eigenvalue weighted by molar-refractivity contribution is -0.133. The molecule has 1 aromatic heterocycles. The van der Waals surface area contributed by atoms with Gasteiger partial charge in [-0.3, -0.25) is 4.79 Å². The topological polar surface area (TPSA) is 36.4 Å². The van der Waals surface area contributed by atoms with E-state index in [0.717, 1.165) is 40.6 Å². The molecule has 0 radical (unpaired) electrons. The van der Waals surface area contributed by atoms with E-state index in [0.29, 0.717) is 11.6 Å². The van der Waals surface area contributed by atoms with E-state index in [-0.39, 0.29) is 11.8 Å². The molecule has 0 aliphatic carbocycles. The number of piperidine rings is 1. The zero-order valence-electron chi connectivity index (χ0n) is 13.2. The number of carbonyl (C=O) groups is 1. The van der Waals surface area contributed by atoms with Gasteiger partial charge in [0, 0.05) is 37.0 Å². The summed E-state index contributed by atoms with van der Waals surface area (Å²) < 4.78 is 0.944. The van der Waals surface area contributed by atoms with Crippen molar-refractivity contribution >= 4 is 50.2 Å². The molecule has 2 heterocycles. The predicted octanol–water partition coefficient (Wildman–Crippen LogP) is 3.96. The van der Waals surface area contributed by atoms with Gasteiger partial charge in [0.05, 0.1) is 16.5 Å². The second-order valence-corrected chi connectivity index (χ2v) is 7.47. The summed E-state index contributed by atoms with van der Waals surface area (Å²) in [5, 5.41) is 1.64. The van der Waals surface area contributed by atoms with E-state index in [2.05, 4.69) is 20.8 Å². The van der Waals surface area contributed by atoms with Gasteiger partial charge < -0.3 is 9.80 Å². The maximum Gasteiger partial charge on any atom is 0.226 e. The standard InChI is InChI=1S/C17H19BrClN3O/c1-21(2)17(23)12-4-3-7-22(10-12)15-6-5-11-8-13(18)9-14(19)16(11)20-15/h5-6,8-9,12H,3-4,7,10H2,1-2H3. The average molecular weight is 397 g/mol. The highest BCUT2D eigenvalue weighted by molar-refractivity contribution is 9.10. The molecule has 1 aliphatic heterocycles. The normalized spacial score (nSPS) is 18.3. The summed E-state index contributed by atoms with van der Waals surface area (Å²) in [6.45, 7) is 1.63. The molecular weight excluding hydrogens is 378 g/mol. The molecule has 122 valence electrons. The molecule has 4 nitrogen and oxygen atoms in total. The first-order chi connectivity index (χ1) is 11.0. The van der Waals surface area contributed by atoms with E-state index in [1.165, 1.54) is 0 Å². The van der Waals surface area contributed by atoms with Crippen LogP contribution in [0.15, 0.2) is 28.7 Å². The van der Waals surface area contributed by atoms with E-state index in [1.807, 2.05) is 38.4 Å². The third-order valence-corrected chi connectivity index (χ3v) is 4.98. The van der Waals surface area contributed by atoms with Gasteiger partial charge in [-0.2, -0.15) is 0 Å². The zero-order valence-corrected chi connectivity index (χ0v) is 15.6. The monoisotopic (exact) mass is 395 g/mol. The van der Waals surface area contributed by atoms with Crippen molar-refractivity contribution in [2.24, 2.45) is 5.92 Å². The van der Waals surface area contributed by atoms with E-state index < -0.39 is 0 Å². The first-order valence-electron chi connectivity index (χ1n) is 7.67. The summed E-state index contributed by atoms with van der Waals surface area (Å²) in [4.78, 5) is 20.8. The SMILES string of the molecule is CN(C)C(=O)C1CCCN(c2ccc3cc(Br)cc(Cl)c3n2)C1. The van der Waals surface area contributed by atoms with Crippen molar-refractivity contribution in [1.29, 1.82) is 0 Å². The highest BCUT2D eigenvalue weighted by Gasteiger charge is 2.27. The summed E-state index contributed by atoms with van der Waals surface area (Å²) in [6.07, 6.45) is 1.94. The summed E-state index contributed by atoms with van der Waals surface area (Å²) in [6, 6.07) is 7.90. The fourth-order valence-electron chi connectivity index (χ4n) is 3.08. The van der Waals surface area contributed by atoms with Gasteiger partial charge in [0.2, 0.25) is 5.91 Å². The van der Waals surface area contributed by atoms with E-state index in [1.54, 1.807) is 4.90 Å². The number of carbonyl (C=O) groups excluding carboxylic acids is 1. The second kappa shape index (κ2) is 6.65. The Morgan fingerprint density at radius 2 is 2.17 bits per heavy atom. The van der Waals surface area contributed by atoms with Gasteiger partial charge in [-0.1, -0.05) is 27.5 Å². The van der Waals surface area contributed by atoms with Gasteiger partial charge in [0.15, 0.2) is 0 Å².